The molecule has 0 amide bonds. The molecule has 0 fully saturated rings. The van der Waals surface area contributed by atoms with E-state index in [0.29, 0.717) is 11.3 Å². The van der Waals surface area contributed by atoms with Crippen LogP contribution < -0.4 is 4.74 Å². The summed E-state index contributed by atoms with van der Waals surface area (Å²) in [7, 11) is 0. The first kappa shape index (κ1) is 11.6. The molecule has 4 nitrogen and oxygen atoms in total. The maximum absolute atomic E-state index is 12.1. The molecule has 96 valence electrons. The van der Waals surface area contributed by atoms with Crippen LogP contribution in [0, 0.1) is 0 Å². The molecule has 1 atom stereocenters. The van der Waals surface area contributed by atoms with Crippen molar-refractivity contribution < 1.29 is 19.7 Å². The highest BCUT2D eigenvalue weighted by atomic mass is 16.5. The first-order valence-corrected chi connectivity index (χ1v) is 5.95. The number of carbonyl (C=O) groups is 1. The van der Waals surface area contributed by atoms with Crippen LogP contribution >= 0.6 is 0 Å². The third kappa shape index (κ3) is 1.91. The molecule has 0 spiro atoms. The predicted octanol–water partition coefficient (Wildman–Crippen LogP) is 2.34. The normalized spacial score (nSPS) is 17.7. The highest BCUT2D eigenvalue weighted by Crippen LogP contribution is 2.39. The Labute approximate surface area is 109 Å². The van der Waals surface area contributed by atoms with Gasteiger partial charge in [-0.2, -0.15) is 0 Å². The van der Waals surface area contributed by atoms with Gasteiger partial charge in [-0.25, -0.2) is 0 Å². The van der Waals surface area contributed by atoms with Gasteiger partial charge >= 0.3 is 0 Å². The number of hydrogen-bond donors (Lipinski definition) is 2. The van der Waals surface area contributed by atoms with Gasteiger partial charge in [0.15, 0.2) is 23.4 Å². The van der Waals surface area contributed by atoms with Crippen molar-refractivity contribution in [2.75, 3.05) is 0 Å². The lowest BCUT2D eigenvalue weighted by Gasteiger charge is -2.25. The van der Waals surface area contributed by atoms with E-state index in [2.05, 4.69) is 0 Å². The number of ketones is 1. The third-order valence-electron chi connectivity index (χ3n) is 3.20. The highest BCUT2D eigenvalue weighted by molar-refractivity contribution is 5.89. The first-order chi connectivity index (χ1) is 9.16. The molecule has 0 saturated carbocycles. The maximum Gasteiger partial charge on any atom is 0.186 e. The summed E-state index contributed by atoms with van der Waals surface area (Å²) in [6.45, 7) is 0. The van der Waals surface area contributed by atoms with E-state index < -0.39 is 6.10 Å². The van der Waals surface area contributed by atoms with Gasteiger partial charge in [-0.1, -0.05) is 30.3 Å². The minimum Gasteiger partial charge on any atom is -0.504 e. The fourth-order valence-electron chi connectivity index (χ4n) is 2.24. The Morgan fingerprint density at radius 1 is 1.05 bits per heavy atom. The van der Waals surface area contributed by atoms with Crippen molar-refractivity contribution >= 4 is 5.78 Å². The van der Waals surface area contributed by atoms with Crippen molar-refractivity contribution in [2.45, 2.75) is 12.5 Å². The quantitative estimate of drug-likeness (QED) is 0.768. The Balaban J connectivity index is 2.03. The number of ether oxygens (including phenoxy) is 1. The van der Waals surface area contributed by atoms with E-state index in [4.69, 9.17) is 4.74 Å². The summed E-state index contributed by atoms with van der Waals surface area (Å²) < 4.78 is 5.65. The second-order valence-corrected chi connectivity index (χ2v) is 4.46. The predicted molar refractivity (Wildman–Crippen MR) is 68.3 cm³/mol. The molecule has 1 aliphatic heterocycles. The molecule has 1 heterocycles. The Morgan fingerprint density at radius 2 is 1.84 bits per heavy atom. The summed E-state index contributed by atoms with van der Waals surface area (Å²) in [4.78, 5) is 12.1. The summed E-state index contributed by atoms with van der Waals surface area (Å²) >= 11 is 0. The van der Waals surface area contributed by atoms with Crippen LogP contribution in [0.5, 0.6) is 17.2 Å². The molecule has 0 aliphatic carbocycles. The molecule has 2 N–H and O–H groups in total. The minimum atomic E-state index is -0.873. The fourth-order valence-corrected chi connectivity index (χ4v) is 2.24. The zero-order valence-electron chi connectivity index (χ0n) is 10.0. The van der Waals surface area contributed by atoms with Crippen molar-refractivity contribution in [2.24, 2.45) is 0 Å². The molecule has 4 heteroatoms. The van der Waals surface area contributed by atoms with E-state index in [1.165, 1.54) is 6.07 Å². The number of benzene rings is 2. The van der Waals surface area contributed by atoms with Gasteiger partial charge in [0.2, 0.25) is 0 Å². The van der Waals surface area contributed by atoms with Gasteiger partial charge in [0, 0.05) is 17.5 Å². The SMILES string of the molecule is O=C1Cc2ccccc2OC1c1cccc(O)c1O. The molecule has 2 aromatic rings. The number of hydrogen-bond acceptors (Lipinski definition) is 4. The zero-order valence-corrected chi connectivity index (χ0v) is 10.0. The molecule has 0 aromatic heterocycles. The summed E-state index contributed by atoms with van der Waals surface area (Å²) in [5, 5.41) is 19.3. The number of rotatable bonds is 1. The largest absolute Gasteiger partial charge is 0.504 e. The standard InChI is InChI=1S/C15H12O4/c16-11-6-3-5-10(14(11)18)15-12(17)8-9-4-1-2-7-13(9)19-15/h1-7,15-16,18H,8H2. The molecule has 1 aliphatic rings. The topological polar surface area (TPSA) is 66.8 Å². The Morgan fingerprint density at radius 3 is 2.68 bits per heavy atom. The summed E-state index contributed by atoms with van der Waals surface area (Å²) in [6.07, 6.45) is -0.613. The third-order valence-corrected chi connectivity index (χ3v) is 3.20. The van der Waals surface area contributed by atoms with E-state index in [-0.39, 0.29) is 23.7 Å². The van der Waals surface area contributed by atoms with Gasteiger partial charge in [-0.05, 0) is 12.1 Å². The monoisotopic (exact) mass is 256 g/mol. The number of para-hydroxylation sites is 2. The number of Topliss-reactive ketones (excluding diaryl/α,β-unsaturated/α-hetero) is 1. The first-order valence-electron chi connectivity index (χ1n) is 5.95. The molecule has 0 radical (unpaired) electrons. The van der Waals surface area contributed by atoms with E-state index in [0.717, 1.165) is 5.56 Å². The molecular weight excluding hydrogens is 244 g/mol. The van der Waals surface area contributed by atoms with Gasteiger partial charge in [0.05, 0.1) is 0 Å². The highest BCUT2D eigenvalue weighted by Gasteiger charge is 2.31. The lowest BCUT2D eigenvalue weighted by atomic mass is 9.95. The van der Waals surface area contributed by atoms with Crippen molar-refractivity contribution in [3.63, 3.8) is 0 Å². The molecule has 19 heavy (non-hydrogen) atoms. The van der Waals surface area contributed by atoms with Crippen molar-refractivity contribution in [1.29, 1.82) is 0 Å². The molecule has 0 saturated heterocycles. The van der Waals surface area contributed by atoms with Crippen LogP contribution in [0.4, 0.5) is 0 Å². The number of phenolic OH excluding ortho intramolecular Hbond substituents is 2. The van der Waals surface area contributed by atoms with Gasteiger partial charge in [-0.3, -0.25) is 4.79 Å². The number of aromatic hydroxyl groups is 2. The van der Waals surface area contributed by atoms with Crippen molar-refractivity contribution in [3.05, 3.63) is 53.6 Å². The average Bonchev–Trinajstić information content (AvgIpc) is 2.41. The zero-order chi connectivity index (χ0) is 13.4. The van der Waals surface area contributed by atoms with Crippen LogP contribution in [-0.4, -0.2) is 16.0 Å². The van der Waals surface area contributed by atoms with E-state index in [9.17, 15) is 15.0 Å². The molecule has 1 unspecified atom stereocenters. The van der Waals surface area contributed by atoms with Crippen molar-refractivity contribution in [1.82, 2.24) is 0 Å². The van der Waals surface area contributed by atoms with E-state index in [1.807, 2.05) is 18.2 Å². The number of phenols is 2. The lowest BCUT2D eigenvalue weighted by molar-refractivity contribution is -0.126. The lowest BCUT2D eigenvalue weighted by Crippen LogP contribution is -2.25. The minimum absolute atomic E-state index is 0.139. The van der Waals surface area contributed by atoms with Crippen LogP contribution in [0.15, 0.2) is 42.5 Å². The van der Waals surface area contributed by atoms with Crippen LogP contribution in [0.1, 0.15) is 17.2 Å². The van der Waals surface area contributed by atoms with Gasteiger partial charge < -0.3 is 14.9 Å². The van der Waals surface area contributed by atoms with Gasteiger partial charge in [0.1, 0.15) is 5.75 Å². The summed E-state index contributed by atoms with van der Waals surface area (Å²) in [5.41, 5.74) is 1.13. The van der Waals surface area contributed by atoms with Crippen LogP contribution in [0.25, 0.3) is 0 Å². The summed E-state index contributed by atoms with van der Waals surface area (Å²) in [6, 6.07) is 11.8. The maximum atomic E-state index is 12.1. The average molecular weight is 256 g/mol. The second-order valence-electron chi connectivity index (χ2n) is 4.46. The number of carbonyl (C=O) groups excluding carboxylic acids is 1. The van der Waals surface area contributed by atoms with Gasteiger partial charge in [0.25, 0.3) is 0 Å². The Kier molecular flexibility index (Phi) is 2.63. The molecule has 2 aromatic carbocycles. The second kappa shape index (κ2) is 4.31. The van der Waals surface area contributed by atoms with E-state index >= 15 is 0 Å². The Bertz CT molecular complexity index is 648. The molecule has 0 bridgehead atoms. The molecular formula is C15H12O4. The van der Waals surface area contributed by atoms with E-state index in [1.54, 1.807) is 18.2 Å². The Hall–Kier alpha value is -2.49. The number of fused-ring (bicyclic) bond motifs is 1. The van der Waals surface area contributed by atoms with Gasteiger partial charge in [-0.15, -0.1) is 0 Å². The molecule has 3 rings (SSSR count). The smallest absolute Gasteiger partial charge is 0.186 e. The summed E-state index contributed by atoms with van der Waals surface area (Å²) in [5.74, 6) is -0.0672. The van der Waals surface area contributed by atoms with Crippen molar-refractivity contribution in [3.8, 4) is 17.2 Å². The van der Waals surface area contributed by atoms with Crippen LogP contribution in [0.2, 0.25) is 0 Å². The van der Waals surface area contributed by atoms with Crippen LogP contribution in [0.3, 0.4) is 0 Å². The fraction of sp³-hybridized carbons (Fsp3) is 0.133. The van der Waals surface area contributed by atoms with Crippen LogP contribution in [-0.2, 0) is 11.2 Å².